The maximum absolute atomic E-state index is 13.7. The number of carbonyl (C=O) groups is 2. The summed E-state index contributed by atoms with van der Waals surface area (Å²) in [5, 5.41) is 13.7. The Bertz CT molecular complexity index is 1170. The van der Waals surface area contributed by atoms with Crippen molar-refractivity contribution in [1.29, 1.82) is 0 Å². The highest BCUT2D eigenvalue weighted by Crippen LogP contribution is 2.50. The van der Waals surface area contributed by atoms with E-state index in [0.717, 1.165) is 0 Å². The zero-order valence-corrected chi connectivity index (χ0v) is 20.9. The normalized spacial score (nSPS) is 21.6. The number of nitrogens with zero attached hydrogens (tertiary/aromatic N) is 3. The third-order valence-electron chi connectivity index (χ3n) is 5.11. The van der Waals surface area contributed by atoms with E-state index >= 15 is 0 Å². The summed E-state index contributed by atoms with van der Waals surface area (Å²) in [4.78, 5) is 23.7. The van der Waals surface area contributed by atoms with Gasteiger partial charge in [0.1, 0.15) is 29.8 Å². The molecule has 0 spiro atoms. The molecule has 4 rings (SSSR count). The van der Waals surface area contributed by atoms with Crippen molar-refractivity contribution in [2.75, 3.05) is 6.61 Å². The van der Waals surface area contributed by atoms with Crippen LogP contribution in [0.3, 0.4) is 0 Å². The van der Waals surface area contributed by atoms with Crippen LogP contribution in [0.1, 0.15) is 32.2 Å². The Morgan fingerprint density at radius 2 is 1.57 bits per heavy atom. The SMILES string of the molecule is CC(=O)O[C@H]1[C@H](OC(C)=O)C[C@@H](c2nn[nH]n2)O[C@@H]1COP(=O)(Oc1ccccc1)Oc1ccccc1. The van der Waals surface area contributed by atoms with Crippen molar-refractivity contribution in [3.8, 4) is 11.5 Å². The lowest BCUT2D eigenvalue weighted by Crippen LogP contribution is -2.51. The first-order valence-electron chi connectivity index (χ1n) is 11.3. The first kappa shape index (κ1) is 26.3. The molecule has 0 saturated carbocycles. The summed E-state index contributed by atoms with van der Waals surface area (Å²) < 4.78 is 47.6. The van der Waals surface area contributed by atoms with E-state index in [1.807, 2.05) is 0 Å². The molecule has 0 bridgehead atoms. The second-order valence-electron chi connectivity index (χ2n) is 7.94. The lowest BCUT2D eigenvalue weighted by atomic mass is 9.97. The largest absolute Gasteiger partial charge is 0.587 e. The molecule has 1 aliphatic heterocycles. The lowest BCUT2D eigenvalue weighted by molar-refractivity contribution is -0.213. The van der Waals surface area contributed by atoms with E-state index < -0.39 is 50.8 Å². The average molecular weight is 532 g/mol. The molecule has 13 nitrogen and oxygen atoms in total. The molecule has 0 radical (unpaired) electrons. The van der Waals surface area contributed by atoms with Crippen LogP contribution in [-0.4, -0.2) is 57.5 Å². The van der Waals surface area contributed by atoms with Crippen LogP contribution in [0.5, 0.6) is 11.5 Å². The average Bonchev–Trinajstić information content (AvgIpc) is 3.40. The van der Waals surface area contributed by atoms with Gasteiger partial charge < -0.3 is 23.3 Å². The smallest absolute Gasteiger partial charge is 0.458 e. The van der Waals surface area contributed by atoms with Crippen LogP contribution < -0.4 is 9.05 Å². The zero-order valence-electron chi connectivity index (χ0n) is 20.0. The minimum Gasteiger partial charge on any atom is -0.458 e. The Labute approximate surface area is 212 Å². The molecule has 14 heteroatoms. The van der Waals surface area contributed by atoms with Crippen LogP contribution in [-0.2, 0) is 32.9 Å². The van der Waals surface area contributed by atoms with E-state index in [4.69, 9.17) is 27.8 Å². The van der Waals surface area contributed by atoms with Gasteiger partial charge in [-0.1, -0.05) is 41.6 Å². The van der Waals surface area contributed by atoms with Crippen molar-refractivity contribution in [2.45, 2.75) is 44.7 Å². The molecule has 1 N–H and O–H groups in total. The number of esters is 2. The second kappa shape index (κ2) is 12.0. The number of aromatic amines is 1. The summed E-state index contributed by atoms with van der Waals surface area (Å²) in [5.41, 5.74) is 0. The number of ether oxygens (including phenoxy) is 3. The summed E-state index contributed by atoms with van der Waals surface area (Å²) in [6, 6.07) is 16.7. The molecular weight excluding hydrogens is 507 g/mol. The Kier molecular flexibility index (Phi) is 8.49. The number of tetrazole rings is 1. The number of hydrogen-bond acceptors (Lipinski definition) is 12. The number of benzene rings is 2. The number of phosphoric acid groups is 1. The number of carbonyl (C=O) groups excluding carboxylic acids is 2. The minimum atomic E-state index is -4.30. The molecule has 1 aliphatic rings. The number of para-hydroxylation sites is 2. The van der Waals surface area contributed by atoms with E-state index in [0.29, 0.717) is 0 Å². The summed E-state index contributed by atoms with van der Waals surface area (Å²) in [6.07, 6.45) is -3.82. The molecule has 3 aromatic rings. The van der Waals surface area contributed by atoms with E-state index in [2.05, 4.69) is 20.6 Å². The standard InChI is InChI=1S/C23H25N4O9P/c1-15(28)32-19-13-20(23-24-26-27-25-23)34-21(22(19)33-16(2)29)14-31-37(30,35-17-9-5-3-6-10-17)36-18-11-7-4-8-12-18/h3-12,19-22H,13-14H2,1-2H3,(H,24,25,26,27)/t19-,20+,21-,22+/m1/s1. The van der Waals surface area contributed by atoms with Gasteiger partial charge >= 0.3 is 19.8 Å². The van der Waals surface area contributed by atoms with Crippen molar-refractivity contribution in [1.82, 2.24) is 20.6 Å². The van der Waals surface area contributed by atoms with Crippen molar-refractivity contribution < 1.29 is 41.9 Å². The van der Waals surface area contributed by atoms with Crippen molar-refractivity contribution >= 4 is 19.8 Å². The van der Waals surface area contributed by atoms with Gasteiger partial charge in [-0.2, -0.15) is 5.21 Å². The molecule has 4 atom stereocenters. The van der Waals surface area contributed by atoms with Crippen LogP contribution in [0.4, 0.5) is 0 Å². The van der Waals surface area contributed by atoms with Gasteiger partial charge in [0.15, 0.2) is 6.10 Å². The highest BCUT2D eigenvalue weighted by atomic mass is 31.2. The van der Waals surface area contributed by atoms with Gasteiger partial charge in [-0.25, -0.2) is 4.57 Å². The minimum absolute atomic E-state index is 0.0756. The van der Waals surface area contributed by atoms with Crippen molar-refractivity contribution in [2.24, 2.45) is 0 Å². The number of phosphoric ester groups is 1. The molecule has 2 heterocycles. The number of H-pyrrole nitrogens is 1. The summed E-state index contributed by atoms with van der Waals surface area (Å²) in [6.45, 7) is 2.00. The monoisotopic (exact) mass is 532 g/mol. The predicted octanol–water partition coefficient (Wildman–Crippen LogP) is 3.18. The molecule has 196 valence electrons. The van der Waals surface area contributed by atoms with Crippen LogP contribution in [0.15, 0.2) is 60.7 Å². The van der Waals surface area contributed by atoms with E-state index in [1.54, 1.807) is 60.7 Å². The lowest BCUT2D eigenvalue weighted by Gasteiger charge is -2.39. The molecule has 1 aromatic heterocycles. The topological polar surface area (TPSA) is 161 Å². The van der Waals surface area contributed by atoms with Gasteiger partial charge in [-0.15, -0.1) is 10.2 Å². The molecule has 0 aliphatic carbocycles. The van der Waals surface area contributed by atoms with Crippen molar-refractivity contribution in [3.63, 3.8) is 0 Å². The Balaban J connectivity index is 1.59. The highest BCUT2D eigenvalue weighted by molar-refractivity contribution is 7.49. The molecular formula is C23H25N4O9P. The molecule has 37 heavy (non-hydrogen) atoms. The van der Waals surface area contributed by atoms with Gasteiger partial charge in [0.05, 0.1) is 6.61 Å². The number of rotatable bonds is 10. The van der Waals surface area contributed by atoms with Crippen LogP contribution in [0.25, 0.3) is 0 Å². The van der Waals surface area contributed by atoms with Gasteiger partial charge in [-0.05, 0) is 24.3 Å². The fraction of sp³-hybridized carbons (Fsp3) is 0.348. The molecule has 0 unspecified atom stereocenters. The number of hydrogen-bond donors (Lipinski definition) is 1. The van der Waals surface area contributed by atoms with Crippen molar-refractivity contribution in [3.05, 3.63) is 66.5 Å². The van der Waals surface area contributed by atoms with Gasteiger partial charge in [0.25, 0.3) is 0 Å². The maximum Gasteiger partial charge on any atom is 0.587 e. The predicted molar refractivity (Wildman–Crippen MR) is 125 cm³/mol. The fourth-order valence-electron chi connectivity index (χ4n) is 3.66. The Morgan fingerprint density at radius 1 is 0.973 bits per heavy atom. The zero-order chi connectivity index (χ0) is 26.3. The second-order valence-corrected chi connectivity index (χ2v) is 9.46. The maximum atomic E-state index is 13.7. The van der Waals surface area contributed by atoms with Gasteiger partial charge in [0, 0.05) is 20.3 Å². The first-order valence-corrected chi connectivity index (χ1v) is 12.7. The van der Waals surface area contributed by atoms with E-state index in [1.165, 1.54) is 13.8 Å². The highest BCUT2D eigenvalue weighted by Gasteiger charge is 2.46. The molecule has 0 amide bonds. The van der Waals surface area contributed by atoms with Crippen LogP contribution in [0.2, 0.25) is 0 Å². The fourth-order valence-corrected chi connectivity index (χ4v) is 4.90. The summed E-state index contributed by atoms with van der Waals surface area (Å²) in [7, 11) is -4.30. The van der Waals surface area contributed by atoms with E-state index in [-0.39, 0.29) is 23.7 Å². The van der Waals surface area contributed by atoms with Gasteiger partial charge in [0.2, 0.25) is 5.82 Å². The Hall–Kier alpha value is -3.80. The number of nitrogens with one attached hydrogen (secondary N) is 1. The van der Waals surface area contributed by atoms with E-state index in [9.17, 15) is 14.2 Å². The third-order valence-corrected chi connectivity index (χ3v) is 6.44. The molecule has 1 fully saturated rings. The Morgan fingerprint density at radius 3 is 2.08 bits per heavy atom. The summed E-state index contributed by atoms with van der Waals surface area (Å²) >= 11 is 0. The number of aromatic nitrogens is 4. The molecule has 2 aromatic carbocycles. The van der Waals surface area contributed by atoms with Gasteiger partial charge in [-0.3, -0.25) is 14.1 Å². The third kappa shape index (κ3) is 7.35. The summed E-state index contributed by atoms with van der Waals surface area (Å²) in [5.74, 6) is -0.567. The molecule has 1 saturated heterocycles. The van der Waals surface area contributed by atoms with Crippen LogP contribution >= 0.6 is 7.82 Å². The first-order chi connectivity index (χ1) is 17.8. The van der Waals surface area contributed by atoms with Crippen LogP contribution in [0, 0.1) is 0 Å². The quantitative estimate of drug-likeness (QED) is 0.300.